The molecule has 0 aliphatic carbocycles. The molecule has 0 radical (unpaired) electrons. The van der Waals surface area contributed by atoms with Gasteiger partial charge in [0.05, 0.1) is 38.3 Å². The van der Waals surface area contributed by atoms with E-state index in [0.717, 1.165) is 25.3 Å². The van der Waals surface area contributed by atoms with Gasteiger partial charge in [-0.3, -0.25) is 19.2 Å². The van der Waals surface area contributed by atoms with E-state index >= 15 is 0 Å². The summed E-state index contributed by atoms with van der Waals surface area (Å²) >= 11 is 0. The summed E-state index contributed by atoms with van der Waals surface area (Å²) in [6, 6.07) is 12.1. The van der Waals surface area contributed by atoms with E-state index in [-0.39, 0.29) is 24.9 Å². The van der Waals surface area contributed by atoms with E-state index in [2.05, 4.69) is 30.7 Å². The minimum atomic E-state index is -1.19. The monoisotopic (exact) mass is 696 g/mol. The molecule has 270 valence electrons. The van der Waals surface area contributed by atoms with Crippen LogP contribution in [-0.4, -0.2) is 121 Å². The Hall–Kier alpha value is -5.22. The minimum Gasteiger partial charge on any atom is -0.453 e. The molecular weight excluding hydrogens is 652 g/mol. The Morgan fingerprint density at radius 3 is 1.28 bits per heavy atom. The molecule has 2 saturated heterocycles. The molecule has 0 saturated carbocycles. The molecule has 6 atom stereocenters. The number of anilines is 2. The first-order valence-electron chi connectivity index (χ1n) is 16.3. The average Bonchev–Trinajstić information content (AvgIpc) is 3.81. The van der Waals surface area contributed by atoms with Gasteiger partial charge in [-0.15, -0.1) is 0 Å². The number of carbonyl (C=O) groups excluding carboxylic acids is 6. The number of carbonyl (C=O) groups is 6. The lowest BCUT2D eigenvalue weighted by atomic mass is 10.0. The molecule has 0 bridgehead atoms. The quantitative estimate of drug-likeness (QED) is 0.197. The molecular formula is C34H44N6O10. The number of benzene rings is 2. The van der Waals surface area contributed by atoms with Crippen LogP contribution in [0.15, 0.2) is 48.5 Å². The van der Waals surface area contributed by atoms with Gasteiger partial charge >= 0.3 is 12.2 Å². The molecule has 16 nitrogen and oxygen atoms in total. The molecule has 6 amide bonds. The fraction of sp³-hybridized carbons (Fsp3) is 0.471. The van der Waals surface area contributed by atoms with Crippen LogP contribution in [0.4, 0.5) is 21.0 Å². The number of ether oxygens (including phenoxy) is 2. The zero-order chi connectivity index (χ0) is 36.5. The van der Waals surface area contributed by atoms with E-state index in [1.807, 2.05) is 24.3 Å². The maximum atomic E-state index is 13.0. The van der Waals surface area contributed by atoms with E-state index in [0.29, 0.717) is 37.3 Å². The third-order valence-corrected chi connectivity index (χ3v) is 8.79. The van der Waals surface area contributed by atoms with Crippen LogP contribution in [0.5, 0.6) is 0 Å². The maximum absolute atomic E-state index is 13.0. The van der Waals surface area contributed by atoms with E-state index < -0.39 is 60.1 Å². The van der Waals surface area contributed by atoms with Gasteiger partial charge in [0.25, 0.3) is 0 Å². The molecule has 2 aliphatic heterocycles. The van der Waals surface area contributed by atoms with E-state index in [1.54, 1.807) is 24.3 Å². The van der Waals surface area contributed by atoms with Crippen LogP contribution in [0.3, 0.4) is 0 Å². The average molecular weight is 697 g/mol. The second kappa shape index (κ2) is 16.9. The van der Waals surface area contributed by atoms with Crippen molar-refractivity contribution in [2.45, 2.75) is 51.0 Å². The Bertz CT molecular complexity index is 1430. The van der Waals surface area contributed by atoms with Crippen molar-refractivity contribution in [1.82, 2.24) is 20.4 Å². The minimum absolute atomic E-state index is 0.146. The highest BCUT2D eigenvalue weighted by Gasteiger charge is 2.38. The summed E-state index contributed by atoms with van der Waals surface area (Å²) in [6.07, 6.45) is -3.13. The highest BCUT2D eigenvalue weighted by molar-refractivity contribution is 5.95. The molecule has 0 spiro atoms. The smallest absolute Gasteiger partial charge is 0.407 e. The number of nitrogens with one attached hydrogen (secondary N) is 4. The fourth-order valence-electron chi connectivity index (χ4n) is 5.87. The predicted octanol–water partition coefficient (Wildman–Crippen LogP) is 1.14. The SMILES string of the molecule is COC(=O)N[C@H](C(=O)N1CC[C@@H](C(=O)Nc2ccc(-c3ccc(NC(=O)[C@H]4CCN(C(=O)[C@H](NC(=O)OC)[C@@H](C)O)C4)cc3)cc2)C1)[C@H](C)O. The number of hydrogen-bond acceptors (Lipinski definition) is 10. The van der Waals surface area contributed by atoms with E-state index in [4.69, 9.17) is 0 Å². The first kappa shape index (κ1) is 37.6. The zero-order valence-electron chi connectivity index (χ0n) is 28.4. The van der Waals surface area contributed by atoms with Gasteiger partial charge < -0.3 is 50.8 Å². The van der Waals surface area contributed by atoms with Crippen LogP contribution in [-0.2, 0) is 28.7 Å². The van der Waals surface area contributed by atoms with Crippen LogP contribution in [0.1, 0.15) is 26.7 Å². The highest BCUT2D eigenvalue weighted by atomic mass is 16.5. The van der Waals surface area contributed by atoms with Crippen LogP contribution >= 0.6 is 0 Å². The Morgan fingerprint density at radius 1 is 0.640 bits per heavy atom. The van der Waals surface area contributed by atoms with Gasteiger partial charge in [-0.1, -0.05) is 24.3 Å². The summed E-state index contributed by atoms with van der Waals surface area (Å²) in [5.74, 6) is -2.42. The largest absolute Gasteiger partial charge is 0.453 e. The zero-order valence-corrected chi connectivity index (χ0v) is 28.4. The Labute approximate surface area is 289 Å². The summed E-state index contributed by atoms with van der Waals surface area (Å²) in [5, 5.41) is 30.4. The number of likely N-dealkylation sites (tertiary alicyclic amines) is 2. The van der Waals surface area contributed by atoms with Crippen molar-refractivity contribution in [2.75, 3.05) is 51.0 Å². The Morgan fingerprint density at radius 2 is 0.980 bits per heavy atom. The van der Waals surface area contributed by atoms with Crippen LogP contribution < -0.4 is 21.3 Å². The second-order valence-electron chi connectivity index (χ2n) is 12.4. The molecule has 16 heteroatoms. The second-order valence-corrected chi connectivity index (χ2v) is 12.4. The van der Waals surface area contributed by atoms with Crippen molar-refractivity contribution in [3.63, 3.8) is 0 Å². The maximum Gasteiger partial charge on any atom is 0.407 e. The Kier molecular flexibility index (Phi) is 12.7. The molecule has 50 heavy (non-hydrogen) atoms. The van der Waals surface area contributed by atoms with Gasteiger partial charge in [0.15, 0.2) is 0 Å². The molecule has 2 heterocycles. The number of hydrogen-bond donors (Lipinski definition) is 6. The summed E-state index contributed by atoms with van der Waals surface area (Å²) in [6.45, 7) is 3.67. The molecule has 0 unspecified atom stereocenters. The van der Waals surface area contributed by atoms with Crippen molar-refractivity contribution >= 4 is 47.2 Å². The molecule has 2 aromatic rings. The summed E-state index contributed by atoms with van der Waals surface area (Å²) < 4.78 is 9.07. The van der Waals surface area contributed by atoms with Gasteiger partial charge in [-0.25, -0.2) is 9.59 Å². The van der Waals surface area contributed by atoms with Crippen molar-refractivity contribution in [2.24, 2.45) is 11.8 Å². The van der Waals surface area contributed by atoms with Gasteiger partial charge in [0, 0.05) is 37.6 Å². The number of nitrogens with zero attached hydrogens (tertiary/aromatic N) is 2. The summed E-state index contributed by atoms with van der Waals surface area (Å²) in [4.78, 5) is 77.8. The molecule has 2 fully saturated rings. The number of methoxy groups -OCH3 is 2. The van der Waals surface area contributed by atoms with Crippen LogP contribution in [0, 0.1) is 11.8 Å². The van der Waals surface area contributed by atoms with Crippen LogP contribution in [0.2, 0.25) is 0 Å². The Balaban J connectivity index is 1.27. The molecule has 2 aliphatic rings. The first-order chi connectivity index (χ1) is 23.8. The molecule has 6 N–H and O–H groups in total. The van der Waals surface area contributed by atoms with Crippen molar-refractivity contribution in [1.29, 1.82) is 0 Å². The molecule has 4 rings (SSSR count). The molecule has 0 aromatic heterocycles. The van der Waals surface area contributed by atoms with Gasteiger partial charge in [0.2, 0.25) is 23.6 Å². The highest BCUT2D eigenvalue weighted by Crippen LogP contribution is 2.26. The van der Waals surface area contributed by atoms with Gasteiger partial charge in [0.1, 0.15) is 12.1 Å². The molecule has 2 aromatic carbocycles. The van der Waals surface area contributed by atoms with E-state index in [1.165, 1.54) is 23.6 Å². The predicted molar refractivity (Wildman–Crippen MR) is 181 cm³/mol. The fourth-order valence-corrected chi connectivity index (χ4v) is 5.87. The first-order valence-corrected chi connectivity index (χ1v) is 16.3. The number of rotatable bonds is 11. The summed E-state index contributed by atoms with van der Waals surface area (Å²) in [5.41, 5.74) is 2.90. The third-order valence-electron chi connectivity index (χ3n) is 8.79. The van der Waals surface area contributed by atoms with Gasteiger partial charge in [-0.2, -0.15) is 0 Å². The lowest BCUT2D eigenvalue weighted by Crippen LogP contribution is -2.53. The third kappa shape index (κ3) is 9.47. The standard InChI is InChI=1S/C34H44N6O10/c1-19(41)27(37-33(47)49-3)31(45)39-15-13-23(17-39)29(43)35-25-9-5-21(6-10-25)22-7-11-26(12-8-22)36-30(44)24-14-16-40(18-24)32(46)28(20(2)42)38-34(48)50-4/h5-12,19-20,23-24,27-28,41-42H,13-18H2,1-4H3,(H,35,43)(H,36,44)(H,37,47)(H,38,48)/t19-,20+,23+,24-,27-,28+. The van der Waals surface area contributed by atoms with Crippen molar-refractivity contribution in [3.05, 3.63) is 48.5 Å². The number of alkyl carbamates (subject to hydrolysis) is 2. The van der Waals surface area contributed by atoms with Crippen molar-refractivity contribution in [3.8, 4) is 11.1 Å². The lowest BCUT2D eigenvalue weighted by Gasteiger charge is -2.25. The van der Waals surface area contributed by atoms with Crippen LogP contribution in [0.25, 0.3) is 11.1 Å². The summed E-state index contributed by atoms with van der Waals surface area (Å²) in [7, 11) is 2.32. The van der Waals surface area contributed by atoms with Crippen molar-refractivity contribution < 1.29 is 48.5 Å². The number of aliphatic hydroxyl groups excluding tert-OH is 2. The van der Waals surface area contributed by atoms with E-state index in [9.17, 15) is 39.0 Å². The number of amides is 6. The number of aliphatic hydroxyl groups is 2. The topological polar surface area (TPSA) is 216 Å². The normalized spacial score (nSPS) is 19.4. The van der Waals surface area contributed by atoms with Gasteiger partial charge in [-0.05, 0) is 62.1 Å². The lowest BCUT2D eigenvalue weighted by molar-refractivity contribution is -0.136.